The van der Waals surface area contributed by atoms with Gasteiger partial charge in [-0.2, -0.15) is 35.7 Å². The lowest BCUT2D eigenvalue weighted by Gasteiger charge is -2.14. The summed E-state index contributed by atoms with van der Waals surface area (Å²) < 4.78 is 80.7. The number of nitrogens with zero attached hydrogens (tertiary/aromatic N) is 16. The van der Waals surface area contributed by atoms with Crippen molar-refractivity contribution in [1.82, 2.24) is 77.9 Å². The van der Waals surface area contributed by atoms with E-state index in [1.807, 2.05) is 53.3 Å². The second-order valence-corrected chi connectivity index (χ2v) is 27.5. The first kappa shape index (κ1) is 69.5. The number of nitrogens with one attached hydrogen (secondary N) is 1. The maximum atomic E-state index is 13.4. The number of nitrogen functional groups attached to an aromatic ring is 1. The minimum atomic E-state index is -0.275. The summed E-state index contributed by atoms with van der Waals surface area (Å²) in [4.78, 5) is 19.9. The van der Waals surface area contributed by atoms with Crippen LogP contribution in [0, 0.1) is 29.1 Å². The minimum Gasteiger partial charge on any atom is -0.382 e. The molecule has 5 aromatic carbocycles. The number of halogens is 7. The molecule has 1 amide bonds. The van der Waals surface area contributed by atoms with Gasteiger partial charge in [0, 0.05) is 84.2 Å². The summed E-state index contributed by atoms with van der Waals surface area (Å²) in [5, 5.41) is 35.4. The summed E-state index contributed by atoms with van der Waals surface area (Å²) >= 11 is 7.15. The van der Waals surface area contributed by atoms with Crippen LogP contribution in [0.15, 0.2) is 197 Å². The summed E-state index contributed by atoms with van der Waals surface area (Å²) in [5.74, 6) is -0.480. The van der Waals surface area contributed by atoms with Gasteiger partial charge in [-0.05, 0) is 273 Å². The fraction of sp³-hybridized carbons (Fsp3) is 0.215. The zero-order valence-electron chi connectivity index (χ0n) is 57.0. The lowest BCUT2D eigenvalue weighted by molar-refractivity contribution is -0.114. The van der Waals surface area contributed by atoms with Crippen molar-refractivity contribution in [2.75, 3.05) is 11.1 Å². The number of hydrogen-bond acceptors (Lipinski definition) is 11. The van der Waals surface area contributed by atoms with E-state index in [1.165, 1.54) is 110 Å². The Kier molecular flexibility index (Phi) is 20.2. The molecule has 19 rings (SSSR count). The molecule has 10 aromatic heterocycles. The van der Waals surface area contributed by atoms with Crippen LogP contribution in [0.25, 0.3) is 95.6 Å². The Morgan fingerprint density at radius 3 is 1.32 bits per heavy atom. The van der Waals surface area contributed by atoms with Crippen molar-refractivity contribution in [3.63, 3.8) is 0 Å². The average molecular weight is 1540 g/mol. The Bertz CT molecular complexity index is 5600. The third kappa shape index (κ3) is 15.3. The third-order valence-corrected chi connectivity index (χ3v) is 20.3. The maximum Gasteiger partial charge on any atom is 0.222 e. The number of nitrogens with two attached hydrogens (primary N) is 1. The molecule has 0 unspecified atom stereocenters. The molecular weight excluding hydrogens is 1470 g/mol. The molecule has 0 saturated carbocycles. The Morgan fingerprint density at radius 1 is 0.410 bits per heavy atom. The highest BCUT2D eigenvalue weighted by molar-refractivity contribution is 9.11. The van der Waals surface area contributed by atoms with E-state index in [2.05, 4.69) is 82.6 Å². The second kappa shape index (κ2) is 30.6. The van der Waals surface area contributed by atoms with Crippen LogP contribution in [0.3, 0.4) is 0 Å². The maximum absolute atomic E-state index is 13.4. The Hall–Kier alpha value is -11.3. The molecule has 0 saturated heterocycles. The number of amides is 1. The normalized spacial score (nSPS) is 13.6. The molecule has 26 heteroatoms. The molecule has 0 radical (unpaired) electrons. The number of imidazole rings is 2. The molecule has 4 aliphatic rings. The largest absolute Gasteiger partial charge is 0.382 e. The van der Waals surface area contributed by atoms with Crippen LogP contribution in [-0.2, 0) is 56.7 Å². The fourth-order valence-corrected chi connectivity index (χ4v) is 14.9. The second-order valence-electron chi connectivity index (χ2n) is 25.9. The average Bonchev–Trinajstić information content (AvgIpc) is 1.57. The minimum absolute atomic E-state index is 0.182. The molecule has 530 valence electrons. The van der Waals surface area contributed by atoms with Gasteiger partial charge in [0.1, 0.15) is 57.7 Å². The van der Waals surface area contributed by atoms with Crippen molar-refractivity contribution in [1.29, 1.82) is 0 Å². The molecule has 0 spiro atoms. The number of benzene rings is 5. The van der Waals surface area contributed by atoms with Gasteiger partial charge >= 0.3 is 0 Å². The van der Waals surface area contributed by atoms with Crippen molar-refractivity contribution in [3.05, 3.63) is 249 Å². The van der Waals surface area contributed by atoms with Crippen LogP contribution >= 0.6 is 31.9 Å². The van der Waals surface area contributed by atoms with Crippen molar-refractivity contribution in [2.24, 2.45) is 0 Å². The standard InChI is InChI=1S/C21H19FN6O.C19H17FN6.C13H12BrFN2.C13H8BrFN2.C13H13FN2/c1-13(29)23-18-12-28-19(24-18)10-9-16(25-28)20-17-4-2-3-11-27(17)26-21(20)14-5-7-15(22)8-6-14;20-13-6-4-12(5-7-13)19-18(15-3-1-2-10-25(15)24-19)14-8-9-17-22-16(21)11-26(17)23-14;2*14-12-11-3-1-2-8-17(11)16-13(12)9-4-6-10(15)7-5-9;14-11-6-4-10(5-7-11)13-9-12-3-1-2-8-16(12)15-13/h5-10,12H,2-4,11H2,1H3,(H,23,29);4-9,11H,1-3,10,21H2;4-7H,1-3,8H2;1-8H;4-7,9H,1-3,8H2. The summed E-state index contributed by atoms with van der Waals surface area (Å²) in [6.07, 6.45) is 18.6. The Labute approximate surface area is 616 Å². The van der Waals surface area contributed by atoms with Gasteiger partial charge in [-0.3, -0.25) is 23.5 Å². The number of carbonyl (C=O) groups excluding carboxylic acids is 1. The van der Waals surface area contributed by atoms with Gasteiger partial charge in [-0.15, -0.1) is 0 Å². The van der Waals surface area contributed by atoms with Crippen molar-refractivity contribution >= 4 is 66.2 Å². The topological polar surface area (TPSA) is 204 Å². The van der Waals surface area contributed by atoms with Crippen LogP contribution in [0.5, 0.6) is 0 Å². The smallest absolute Gasteiger partial charge is 0.222 e. The number of carbonyl (C=O) groups is 1. The van der Waals surface area contributed by atoms with Gasteiger partial charge < -0.3 is 11.1 Å². The van der Waals surface area contributed by atoms with Gasteiger partial charge in [0.25, 0.3) is 0 Å². The van der Waals surface area contributed by atoms with Gasteiger partial charge in [0.15, 0.2) is 17.1 Å². The van der Waals surface area contributed by atoms with E-state index in [1.54, 1.807) is 86.6 Å². The first-order valence-corrected chi connectivity index (χ1v) is 36.4. The number of aryl methyl sites for hydroxylation is 5. The monoisotopic (exact) mass is 1540 g/mol. The van der Waals surface area contributed by atoms with Crippen molar-refractivity contribution in [2.45, 2.75) is 110 Å². The van der Waals surface area contributed by atoms with Crippen LogP contribution in [-0.4, -0.2) is 83.8 Å². The lowest BCUT2D eigenvalue weighted by Crippen LogP contribution is -2.11. The van der Waals surface area contributed by atoms with E-state index in [-0.39, 0.29) is 35.0 Å². The van der Waals surface area contributed by atoms with Crippen LogP contribution in [0.2, 0.25) is 0 Å². The molecule has 4 aliphatic heterocycles. The molecule has 0 aliphatic carbocycles. The Balaban J connectivity index is 0.000000108. The van der Waals surface area contributed by atoms with Gasteiger partial charge in [0.05, 0.1) is 60.8 Å². The number of aromatic nitrogens is 16. The molecule has 19 nitrogen and oxygen atoms in total. The van der Waals surface area contributed by atoms with E-state index in [0.29, 0.717) is 22.9 Å². The molecule has 105 heavy (non-hydrogen) atoms. The van der Waals surface area contributed by atoms with Crippen LogP contribution in [0.1, 0.15) is 81.1 Å². The van der Waals surface area contributed by atoms with Crippen molar-refractivity contribution in [3.8, 4) is 78.8 Å². The highest BCUT2D eigenvalue weighted by atomic mass is 79.9. The number of rotatable bonds is 8. The summed E-state index contributed by atoms with van der Waals surface area (Å²) in [6, 6.07) is 47.8. The van der Waals surface area contributed by atoms with E-state index >= 15 is 0 Å². The van der Waals surface area contributed by atoms with Crippen LogP contribution in [0.4, 0.5) is 33.6 Å². The number of pyridine rings is 1. The molecule has 15 aromatic rings. The summed E-state index contributed by atoms with van der Waals surface area (Å²) in [5.41, 5.74) is 25.5. The predicted molar refractivity (Wildman–Crippen MR) is 401 cm³/mol. The van der Waals surface area contributed by atoms with Gasteiger partial charge in [-0.25, -0.2) is 45.5 Å². The molecule has 14 heterocycles. The predicted octanol–water partition coefficient (Wildman–Crippen LogP) is 17.7. The van der Waals surface area contributed by atoms with E-state index in [4.69, 9.17) is 26.1 Å². The highest BCUT2D eigenvalue weighted by Gasteiger charge is 2.27. The first-order valence-electron chi connectivity index (χ1n) is 34.8. The van der Waals surface area contributed by atoms with E-state index in [0.717, 1.165) is 177 Å². The summed E-state index contributed by atoms with van der Waals surface area (Å²) in [6.45, 7) is 5.19. The molecule has 3 N–H and O–H groups in total. The third-order valence-electron chi connectivity index (χ3n) is 18.7. The SMILES string of the molecule is CC(=O)Nc1cn2nc(-c3c(-c4ccc(F)cc4)nn4c3CCCC4)ccc2n1.Fc1ccc(-c2cc3n(n2)CCCC3)cc1.Fc1ccc(-c2nn3c(c2Br)CCCC3)cc1.Fc1ccc(-c2nn3ccccc3c2Br)cc1.Nc1cn2nc(-c3c(-c4ccc(F)cc4)nn4c3CCCC4)ccc2n1. The summed E-state index contributed by atoms with van der Waals surface area (Å²) in [7, 11) is 0. The number of anilines is 2. The van der Waals surface area contributed by atoms with Gasteiger partial charge in [-0.1, -0.05) is 6.07 Å². The quantitative estimate of drug-likeness (QED) is 0.137. The van der Waals surface area contributed by atoms with Crippen molar-refractivity contribution < 1.29 is 26.7 Å². The first-order chi connectivity index (χ1) is 51.1. The molecular formula is C79H69Br2F5N18O. The zero-order chi connectivity index (χ0) is 72.2. The number of hydrogen-bond donors (Lipinski definition) is 2. The molecule has 0 fully saturated rings. The van der Waals surface area contributed by atoms with E-state index in [9.17, 15) is 26.7 Å². The Morgan fingerprint density at radius 2 is 0.838 bits per heavy atom. The van der Waals surface area contributed by atoms with Gasteiger partial charge in [0.2, 0.25) is 5.91 Å². The highest BCUT2D eigenvalue weighted by Crippen LogP contribution is 2.40. The number of fused-ring (bicyclic) bond motifs is 7. The van der Waals surface area contributed by atoms with E-state index < -0.39 is 0 Å². The molecule has 0 bridgehead atoms. The van der Waals surface area contributed by atoms with Crippen LogP contribution < -0.4 is 11.1 Å². The molecule has 0 atom stereocenters. The fourth-order valence-electron chi connectivity index (χ4n) is 13.6. The zero-order valence-corrected chi connectivity index (χ0v) is 60.2. The lowest BCUT2D eigenvalue weighted by atomic mass is 9.99.